The number of amides is 2. The van der Waals surface area contributed by atoms with Crippen molar-refractivity contribution in [1.82, 2.24) is 5.32 Å². The van der Waals surface area contributed by atoms with Gasteiger partial charge < -0.3 is 15.8 Å². The summed E-state index contributed by atoms with van der Waals surface area (Å²) in [5.74, 6) is -0.835. The summed E-state index contributed by atoms with van der Waals surface area (Å²) in [4.78, 5) is 24.0. The van der Waals surface area contributed by atoms with Gasteiger partial charge in [0.25, 0.3) is 5.91 Å². The highest BCUT2D eigenvalue weighted by molar-refractivity contribution is 5.89. The molecule has 0 aliphatic rings. The quantitative estimate of drug-likeness (QED) is 0.576. The van der Waals surface area contributed by atoms with Crippen LogP contribution in [0.1, 0.15) is 63.5 Å². The standard InChI is InChI=1S/C19H30N2O3/c1-3-4-5-6-7-11-14-16(18(20)22)21-19(23)17(24-2)15-12-9-8-10-13-15/h8-10,12-13,16-17H,3-7,11,14H2,1-2H3,(H2,20,22)(H,21,23)/t16-,17-/m0/s1. The number of hydrogen-bond donors (Lipinski definition) is 2. The van der Waals surface area contributed by atoms with Crippen LogP contribution >= 0.6 is 0 Å². The van der Waals surface area contributed by atoms with Crippen LogP contribution in [0.5, 0.6) is 0 Å². The number of ether oxygens (including phenoxy) is 1. The second kappa shape index (κ2) is 11.6. The molecule has 0 aromatic heterocycles. The fourth-order valence-electron chi connectivity index (χ4n) is 2.68. The second-order valence-corrected chi connectivity index (χ2v) is 6.05. The normalized spacial score (nSPS) is 13.2. The molecule has 1 rings (SSSR count). The molecular formula is C19H30N2O3. The third-order valence-electron chi connectivity index (χ3n) is 4.08. The van der Waals surface area contributed by atoms with E-state index in [9.17, 15) is 9.59 Å². The molecule has 0 radical (unpaired) electrons. The van der Waals surface area contributed by atoms with Gasteiger partial charge in [0.15, 0.2) is 6.10 Å². The van der Waals surface area contributed by atoms with Crippen molar-refractivity contribution in [2.24, 2.45) is 5.73 Å². The zero-order valence-electron chi connectivity index (χ0n) is 14.8. The van der Waals surface area contributed by atoms with Crippen molar-refractivity contribution < 1.29 is 14.3 Å². The molecular weight excluding hydrogens is 304 g/mol. The Kier molecular flexibility index (Phi) is 9.77. The number of nitrogens with one attached hydrogen (secondary N) is 1. The fraction of sp³-hybridized carbons (Fsp3) is 0.579. The molecule has 0 spiro atoms. The summed E-state index contributed by atoms with van der Waals surface area (Å²) < 4.78 is 5.28. The van der Waals surface area contributed by atoms with E-state index in [0.717, 1.165) is 24.8 Å². The first kappa shape index (κ1) is 20.2. The van der Waals surface area contributed by atoms with Gasteiger partial charge in [0.05, 0.1) is 0 Å². The van der Waals surface area contributed by atoms with Crippen LogP contribution in [0, 0.1) is 0 Å². The Morgan fingerprint density at radius 2 is 1.71 bits per heavy atom. The molecule has 0 unspecified atom stereocenters. The molecule has 2 amide bonds. The second-order valence-electron chi connectivity index (χ2n) is 6.05. The van der Waals surface area contributed by atoms with Gasteiger partial charge in [-0.3, -0.25) is 9.59 Å². The first-order valence-corrected chi connectivity index (χ1v) is 8.77. The summed E-state index contributed by atoms with van der Waals surface area (Å²) in [5, 5.41) is 2.73. The highest BCUT2D eigenvalue weighted by atomic mass is 16.5. The number of carbonyl (C=O) groups excluding carboxylic acids is 2. The Hall–Kier alpha value is -1.88. The molecule has 24 heavy (non-hydrogen) atoms. The zero-order valence-corrected chi connectivity index (χ0v) is 14.8. The number of benzene rings is 1. The van der Waals surface area contributed by atoms with E-state index in [1.165, 1.54) is 26.4 Å². The maximum Gasteiger partial charge on any atom is 0.254 e. The van der Waals surface area contributed by atoms with Gasteiger partial charge in [-0.25, -0.2) is 0 Å². The lowest BCUT2D eigenvalue weighted by Gasteiger charge is -2.20. The van der Waals surface area contributed by atoms with E-state index in [4.69, 9.17) is 10.5 Å². The van der Waals surface area contributed by atoms with Crippen molar-refractivity contribution in [1.29, 1.82) is 0 Å². The number of hydrogen-bond acceptors (Lipinski definition) is 3. The Balaban J connectivity index is 2.51. The van der Waals surface area contributed by atoms with Crippen LogP contribution in [0.2, 0.25) is 0 Å². The molecule has 134 valence electrons. The van der Waals surface area contributed by atoms with E-state index in [2.05, 4.69) is 12.2 Å². The number of rotatable bonds is 12. The average Bonchev–Trinajstić information content (AvgIpc) is 2.58. The molecule has 0 saturated carbocycles. The third-order valence-corrected chi connectivity index (χ3v) is 4.08. The minimum atomic E-state index is -0.738. The molecule has 5 heteroatoms. The smallest absolute Gasteiger partial charge is 0.254 e. The monoisotopic (exact) mass is 334 g/mol. The predicted octanol–water partition coefficient (Wildman–Crippen LogP) is 3.09. The molecule has 5 nitrogen and oxygen atoms in total. The molecule has 3 N–H and O–H groups in total. The molecule has 0 fully saturated rings. The predicted molar refractivity (Wildman–Crippen MR) is 95.3 cm³/mol. The number of carbonyl (C=O) groups is 2. The van der Waals surface area contributed by atoms with E-state index in [1.54, 1.807) is 0 Å². The van der Waals surface area contributed by atoms with E-state index >= 15 is 0 Å². The van der Waals surface area contributed by atoms with E-state index in [1.807, 2.05) is 30.3 Å². The van der Waals surface area contributed by atoms with E-state index < -0.39 is 18.1 Å². The first-order chi connectivity index (χ1) is 11.6. The topological polar surface area (TPSA) is 81.4 Å². The summed E-state index contributed by atoms with van der Waals surface area (Å²) >= 11 is 0. The summed E-state index contributed by atoms with van der Waals surface area (Å²) in [6, 6.07) is 8.55. The average molecular weight is 334 g/mol. The molecule has 0 aliphatic heterocycles. The van der Waals surface area contributed by atoms with Gasteiger partial charge in [0.1, 0.15) is 6.04 Å². The van der Waals surface area contributed by atoms with Gasteiger partial charge in [-0.05, 0) is 12.0 Å². The highest BCUT2D eigenvalue weighted by Crippen LogP contribution is 2.17. The first-order valence-electron chi connectivity index (χ1n) is 8.77. The summed E-state index contributed by atoms with van der Waals surface area (Å²) in [5.41, 5.74) is 6.18. The van der Waals surface area contributed by atoms with Crippen molar-refractivity contribution in [3.05, 3.63) is 35.9 Å². The van der Waals surface area contributed by atoms with Crippen molar-refractivity contribution in [3.8, 4) is 0 Å². The van der Waals surface area contributed by atoms with Gasteiger partial charge in [0, 0.05) is 7.11 Å². The highest BCUT2D eigenvalue weighted by Gasteiger charge is 2.24. The van der Waals surface area contributed by atoms with Crippen LogP contribution in [0.4, 0.5) is 0 Å². The van der Waals surface area contributed by atoms with Crippen LogP contribution in [-0.2, 0) is 14.3 Å². The van der Waals surface area contributed by atoms with Crippen molar-refractivity contribution in [2.75, 3.05) is 7.11 Å². The summed E-state index contributed by atoms with van der Waals surface area (Å²) in [6.07, 6.45) is 6.56. The summed E-state index contributed by atoms with van der Waals surface area (Å²) in [7, 11) is 1.48. The number of methoxy groups -OCH3 is 1. The minimum absolute atomic E-state index is 0.335. The zero-order chi connectivity index (χ0) is 17.8. The maximum atomic E-state index is 12.4. The Labute approximate surface area is 145 Å². The minimum Gasteiger partial charge on any atom is -0.368 e. The SMILES string of the molecule is CCCCCCCC[C@H](NC(=O)[C@@H](OC)c1ccccc1)C(N)=O. The van der Waals surface area contributed by atoms with Crippen molar-refractivity contribution in [3.63, 3.8) is 0 Å². The van der Waals surface area contributed by atoms with Gasteiger partial charge in [-0.15, -0.1) is 0 Å². The van der Waals surface area contributed by atoms with E-state index in [0.29, 0.717) is 6.42 Å². The molecule has 0 bridgehead atoms. The van der Waals surface area contributed by atoms with Gasteiger partial charge in [0.2, 0.25) is 5.91 Å². The number of primary amides is 1. The molecule has 1 aromatic carbocycles. The van der Waals surface area contributed by atoms with Gasteiger partial charge >= 0.3 is 0 Å². The largest absolute Gasteiger partial charge is 0.368 e. The fourth-order valence-corrected chi connectivity index (χ4v) is 2.68. The summed E-state index contributed by atoms with van der Waals surface area (Å²) in [6.45, 7) is 2.18. The van der Waals surface area contributed by atoms with E-state index in [-0.39, 0.29) is 5.91 Å². The number of nitrogens with two attached hydrogens (primary N) is 1. The molecule has 2 atom stereocenters. The van der Waals surface area contributed by atoms with Gasteiger partial charge in [-0.2, -0.15) is 0 Å². The van der Waals surface area contributed by atoms with Crippen LogP contribution in [-0.4, -0.2) is 25.0 Å². The van der Waals surface area contributed by atoms with Crippen LogP contribution < -0.4 is 11.1 Å². The number of unbranched alkanes of at least 4 members (excludes halogenated alkanes) is 5. The molecule has 0 heterocycles. The Morgan fingerprint density at radius 3 is 2.29 bits per heavy atom. The molecule has 0 aliphatic carbocycles. The van der Waals surface area contributed by atoms with Crippen LogP contribution in [0.25, 0.3) is 0 Å². The lowest BCUT2D eigenvalue weighted by atomic mass is 10.0. The Morgan fingerprint density at radius 1 is 1.08 bits per heavy atom. The molecule has 0 saturated heterocycles. The maximum absolute atomic E-state index is 12.4. The molecule has 1 aromatic rings. The van der Waals surface area contributed by atoms with Crippen LogP contribution in [0.3, 0.4) is 0 Å². The van der Waals surface area contributed by atoms with Crippen LogP contribution in [0.15, 0.2) is 30.3 Å². The lowest BCUT2D eigenvalue weighted by Crippen LogP contribution is -2.46. The van der Waals surface area contributed by atoms with Crippen molar-refractivity contribution >= 4 is 11.8 Å². The third kappa shape index (κ3) is 7.13. The van der Waals surface area contributed by atoms with Crippen molar-refractivity contribution in [2.45, 2.75) is 64.0 Å². The lowest BCUT2D eigenvalue weighted by molar-refractivity contribution is -0.135. The van der Waals surface area contributed by atoms with Gasteiger partial charge in [-0.1, -0.05) is 75.8 Å². The Bertz CT molecular complexity index is 491.